The van der Waals surface area contributed by atoms with Crippen LogP contribution in [0.4, 0.5) is 17.6 Å². The van der Waals surface area contributed by atoms with Crippen molar-refractivity contribution in [2.45, 2.75) is 24.7 Å². The van der Waals surface area contributed by atoms with E-state index >= 15 is 0 Å². The number of alkyl halides is 3. The second-order valence-electron chi connectivity index (χ2n) is 7.19. The van der Waals surface area contributed by atoms with Crippen LogP contribution >= 0.6 is 11.6 Å². The number of nitrogens with zero attached hydrogens (tertiary/aromatic N) is 1. The summed E-state index contributed by atoms with van der Waals surface area (Å²) < 4.78 is 45.1. The van der Waals surface area contributed by atoms with Crippen LogP contribution in [0.5, 0.6) is 0 Å². The van der Waals surface area contributed by atoms with E-state index in [9.17, 15) is 17.6 Å². The molecule has 4 nitrogen and oxygen atoms in total. The van der Waals surface area contributed by atoms with E-state index in [-0.39, 0.29) is 17.1 Å². The molecule has 3 aromatic rings. The highest BCUT2D eigenvalue weighted by Crippen LogP contribution is 2.36. The summed E-state index contributed by atoms with van der Waals surface area (Å²) in [6, 6.07) is 25.5. The molecular formula is C24H19ClF4N2O2. The number of hydrogen-bond donors (Lipinski definition) is 2. The van der Waals surface area contributed by atoms with Gasteiger partial charge in [-0.3, -0.25) is 4.99 Å². The number of hydrogen-bond acceptors (Lipinski definition) is 3. The van der Waals surface area contributed by atoms with Gasteiger partial charge in [-0.1, -0.05) is 78.3 Å². The van der Waals surface area contributed by atoms with E-state index in [4.69, 9.17) is 26.5 Å². The van der Waals surface area contributed by atoms with Gasteiger partial charge in [0.05, 0.1) is 11.1 Å². The second-order valence-corrected chi connectivity index (χ2v) is 7.60. The fraction of sp³-hybridized carbons (Fsp3) is 0.167. The van der Waals surface area contributed by atoms with E-state index in [1.54, 1.807) is 12.1 Å². The summed E-state index contributed by atoms with van der Waals surface area (Å²) in [6.45, 7) is 0. The van der Waals surface area contributed by atoms with Gasteiger partial charge < -0.3 is 10.4 Å². The molecule has 1 aliphatic rings. The summed E-state index contributed by atoms with van der Waals surface area (Å²) in [4.78, 5) is 13.8. The third-order valence-electron chi connectivity index (χ3n) is 4.83. The Morgan fingerprint density at radius 1 is 0.970 bits per heavy atom. The topological polar surface area (TPSA) is 61.7 Å². The SMILES string of the molecule is Fc1ccc(CC2=N[C@@H](c3ccccc3)[C@@H](c3ccccc3)N2)cc1Cl.O=C(O)C(F)(F)F. The van der Waals surface area contributed by atoms with Crippen molar-refractivity contribution in [1.82, 2.24) is 5.32 Å². The van der Waals surface area contributed by atoms with E-state index in [1.807, 2.05) is 36.4 Å². The maximum atomic E-state index is 13.4. The standard InChI is InChI=1S/C22H18ClFN2.C2HF3O2/c23-18-13-15(11-12-19(18)24)14-20-25-21(16-7-3-1-4-8-16)22(26-20)17-9-5-2-6-10-17;3-2(4,5)1(6)7/h1-13,21-22H,14H2,(H,25,26);(H,6,7)/t21-,22+;. The average molecular weight is 479 g/mol. The van der Waals surface area contributed by atoms with E-state index in [1.165, 1.54) is 17.2 Å². The molecule has 0 fully saturated rings. The zero-order valence-corrected chi connectivity index (χ0v) is 17.8. The summed E-state index contributed by atoms with van der Waals surface area (Å²) in [5, 5.41) is 10.8. The molecule has 0 aromatic heterocycles. The van der Waals surface area contributed by atoms with Crippen molar-refractivity contribution in [1.29, 1.82) is 0 Å². The molecule has 2 atom stereocenters. The van der Waals surface area contributed by atoms with Crippen LogP contribution in [-0.2, 0) is 11.2 Å². The molecule has 0 aliphatic carbocycles. The first-order chi connectivity index (χ1) is 15.6. The number of halogens is 5. The van der Waals surface area contributed by atoms with Crippen LogP contribution in [0, 0.1) is 5.82 Å². The van der Waals surface area contributed by atoms with Crippen LogP contribution in [0.15, 0.2) is 83.9 Å². The Labute approximate surface area is 192 Å². The molecule has 0 amide bonds. The molecule has 1 aliphatic heterocycles. The lowest BCUT2D eigenvalue weighted by molar-refractivity contribution is -0.192. The minimum absolute atomic E-state index is 0.00419. The lowest BCUT2D eigenvalue weighted by Crippen LogP contribution is -2.25. The van der Waals surface area contributed by atoms with Gasteiger partial charge in [-0.2, -0.15) is 13.2 Å². The molecule has 0 bridgehead atoms. The van der Waals surface area contributed by atoms with Gasteiger partial charge in [0, 0.05) is 6.42 Å². The molecule has 0 radical (unpaired) electrons. The summed E-state index contributed by atoms with van der Waals surface area (Å²) in [5.74, 6) is -2.27. The third-order valence-corrected chi connectivity index (χ3v) is 5.12. The summed E-state index contributed by atoms with van der Waals surface area (Å²) in [6.07, 6.45) is -4.49. The molecule has 3 aromatic carbocycles. The molecule has 0 spiro atoms. The molecule has 0 saturated carbocycles. The van der Waals surface area contributed by atoms with Crippen LogP contribution in [0.25, 0.3) is 0 Å². The van der Waals surface area contributed by atoms with E-state index < -0.39 is 18.0 Å². The van der Waals surface area contributed by atoms with Gasteiger partial charge in [0.2, 0.25) is 0 Å². The van der Waals surface area contributed by atoms with Crippen molar-refractivity contribution in [3.05, 3.63) is 106 Å². The molecule has 4 rings (SSSR count). The van der Waals surface area contributed by atoms with E-state index in [0.29, 0.717) is 6.42 Å². The van der Waals surface area contributed by atoms with Gasteiger partial charge in [0.1, 0.15) is 17.7 Å². The van der Waals surface area contributed by atoms with Gasteiger partial charge in [-0.15, -0.1) is 0 Å². The molecule has 9 heteroatoms. The van der Waals surface area contributed by atoms with Crippen LogP contribution in [0.2, 0.25) is 5.02 Å². The lowest BCUT2D eigenvalue weighted by Gasteiger charge is -2.19. The molecular weight excluding hydrogens is 460 g/mol. The summed E-state index contributed by atoms with van der Waals surface area (Å²) in [5.41, 5.74) is 3.29. The van der Waals surface area contributed by atoms with Crippen LogP contribution in [0.1, 0.15) is 28.8 Å². The number of amidine groups is 1. The highest BCUT2D eigenvalue weighted by atomic mass is 35.5. The van der Waals surface area contributed by atoms with Gasteiger partial charge in [-0.05, 0) is 28.8 Å². The Kier molecular flexibility index (Phi) is 7.71. The first-order valence-electron chi connectivity index (χ1n) is 9.82. The second kappa shape index (κ2) is 10.5. The largest absolute Gasteiger partial charge is 0.490 e. The van der Waals surface area contributed by atoms with Gasteiger partial charge >= 0.3 is 12.1 Å². The number of carboxylic acid groups (broad SMARTS) is 1. The van der Waals surface area contributed by atoms with Crippen molar-refractivity contribution in [2.75, 3.05) is 0 Å². The maximum Gasteiger partial charge on any atom is 0.490 e. The molecule has 172 valence electrons. The number of benzene rings is 3. The quantitative estimate of drug-likeness (QED) is 0.443. The predicted molar refractivity (Wildman–Crippen MR) is 118 cm³/mol. The highest BCUT2D eigenvalue weighted by molar-refractivity contribution is 6.30. The zero-order chi connectivity index (χ0) is 24.0. The predicted octanol–water partition coefficient (Wildman–Crippen LogP) is 6.14. The molecule has 0 saturated heterocycles. The molecule has 0 unspecified atom stereocenters. The molecule has 1 heterocycles. The van der Waals surface area contributed by atoms with Gasteiger partial charge in [0.25, 0.3) is 0 Å². The molecule has 33 heavy (non-hydrogen) atoms. The number of rotatable bonds is 4. The number of carbonyl (C=O) groups is 1. The van der Waals surface area contributed by atoms with Crippen LogP contribution < -0.4 is 5.32 Å². The van der Waals surface area contributed by atoms with Crippen LogP contribution in [-0.4, -0.2) is 23.1 Å². The van der Waals surface area contributed by atoms with Crippen molar-refractivity contribution in [2.24, 2.45) is 4.99 Å². The lowest BCUT2D eigenvalue weighted by atomic mass is 9.95. The van der Waals surface area contributed by atoms with Gasteiger partial charge in [-0.25, -0.2) is 9.18 Å². The Bertz CT molecular complexity index is 1120. The fourth-order valence-corrected chi connectivity index (χ4v) is 3.52. The van der Waals surface area contributed by atoms with E-state index in [0.717, 1.165) is 11.4 Å². The summed E-state index contributed by atoms with van der Waals surface area (Å²) in [7, 11) is 0. The average Bonchev–Trinajstić information content (AvgIpc) is 3.21. The van der Waals surface area contributed by atoms with Crippen molar-refractivity contribution in [3.63, 3.8) is 0 Å². The van der Waals surface area contributed by atoms with Crippen molar-refractivity contribution in [3.8, 4) is 0 Å². The fourth-order valence-electron chi connectivity index (χ4n) is 3.32. The highest BCUT2D eigenvalue weighted by Gasteiger charge is 2.38. The third kappa shape index (κ3) is 6.55. The minimum Gasteiger partial charge on any atom is -0.475 e. The van der Waals surface area contributed by atoms with Gasteiger partial charge in [0.15, 0.2) is 0 Å². The zero-order valence-electron chi connectivity index (χ0n) is 17.1. The van der Waals surface area contributed by atoms with Crippen LogP contribution in [0.3, 0.4) is 0 Å². The number of aliphatic carboxylic acids is 1. The summed E-state index contributed by atoms with van der Waals surface area (Å²) >= 11 is 5.91. The Balaban J connectivity index is 0.000000383. The van der Waals surface area contributed by atoms with E-state index in [2.05, 4.69) is 29.6 Å². The van der Waals surface area contributed by atoms with Crippen molar-refractivity contribution < 1.29 is 27.5 Å². The number of carboxylic acids is 1. The monoisotopic (exact) mass is 478 g/mol. The Morgan fingerprint density at radius 2 is 1.52 bits per heavy atom. The Morgan fingerprint density at radius 3 is 2.03 bits per heavy atom. The first kappa shape index (κ1) is 24.3. The number of nitrogens with one attached hydrogen (secondary N) is 1. The normalized spacial score (nSPS) is 17.4. The molecule has 2 N–H and O–H groups in total. The first-order valence-corrected chi connectivity index (χ1v) is 10.2. The number of aliphatic imine (C=N–C) groups is 1. The minimum atomic E-state index is -5.08. The van der Waals surface area contributed by atoms with Crippen molar-refractivity contribution >= 4 is 23.4 Å². The smallest absolute Gasteiger partial charge is 0.475 e. The Hall–Kier alpha value is -3.39. The maximum absolute atomic E-state index is 13.4.